The molecule has 0 saturated heterocycles. The maximum Gasteiger partial charge on any atom is 0.321 e. The van der Waals surface area contributed by atoms with E-state index in [2.05, 4.69) is 18.5 Å². The largest absolute Gasteiger partial charge is 0.481 e. The highest BCUT2D eigenvalue weighted by Crippen LogP contribution is 2.12. The van der Waals surface area contributed by atoms with Crippen molar-refractivity contribution in [1.82, 2.24) is 9.80 Å². The zero-order valence-electron chi connectivity index (χ0n) is 14.3. The van der Waals surface area contributed by atoms with Crippen molar-refractivity contribution < 1.29 is 19.5 Å². The van der Waals surface area contributed by atoms with Gasteiger partial charge < -0.3 is 20.2 Å². The third-order valence-electron chi connectivity index (χ3n) is 3.38. The van der Waals surface area contributed by atoms with E-state index >= 15 is 0 Å². The van der Waals surface area contributed by atoms with Crippen molar-refractivity contribution in [3.8, 4) is 0 Å². The van der Waals surface area contributed by atoms with Crippen LogP contribution in [0.15, 0.2) is 49.6 Å². The Labute approximate surface area is 147 Å². The fourth-order valence-electron chi connectivity index (χ4n) is 2.01. The number of nitrogens with one attached hydrogen (secondary N) is 1. The molecule has 0 spiro atoms. The second-order valence-corrected chi connectivity index (χ2v) is 5.36. The zero-order chi connectivity index (χ0) is 18.8. The maximum absolute atomic E-state index is 12.4. The number of aliphatic carboxylic acids is 1. The molecule has 1 aromatic rings. The summed E-state index contributed by atoms with van der Waals surface area (Å²) in [6, 6.07) is 6.06. The number of carbonyl (C=O) groups is 3. The van der Waals surface area contributed by atoms with Crippen LogP contribution in [0.4, 0.5) is 10.5 Å². The monoisotopic (exact) mass is 345 g/mol. The van der Waals surface area contributed by atoms with Gasteiger partial charge in [0.1, 0.15) is 0 Å². The molecule has 0 unspecified atom stereocenters. The van der Waals surface area contributed by atoms with Gasteiger partial charge in [-0.1, -0.05) is 12.2 Å². The lowest BCUT2D eigenvalue weighted by atomic mass is 10.1. The third-order valence-corrected chi connectivity index (χ3v) is 3.38. The summed E-state index contributed by atoms with van der Waals surface area (Å²) < 4.78 is 0. The van der Waals surface area contributed by atoms with E-state index < -0.39 is 12.0 Å². The number of amides is 3. The van der Waals surface area contributed by atoms with E-state index in [4.69, 9.17) is 5.11 Å². The predicted molar refractivity (Wildman–Crippen MR) is 96.6 cm³/mol. The molecule has 1 aromatic carbocycles. The van der Waals surface area contributed by atoms with Crippen LogP contribution in [0.1, 0.15) is 16.8 Å². The zero-order valence-corrected chi connectivity index (χ0v) is 14.3. The second kappa shape index (κ2) is 9.92. The van der Waals surface area contributed by atoms with Gasteiger partial charge in [-0.2, -0.15) is 0 Å². The fourth-order valence-corrected chi connectivity index (χ4v) is 2.01. The Balaban J connectivity index is 2.70. The number of rotatable bonds is 9. The van der Waals surface area contributed by atoms with Crippen LogP contribution >= 0.6 is 0 Å². The van der Waals surface area contributed by atoms with Crippen molar-refractivity contribution in [2.75, 3.05) is 32.0 Å². The molecule has 2 N–H and O–H groups in total. The number of benzene rings is 1. The van der Waals surface area contributed by atoms with E-state index in [-0.39, 0.29) is 18.9 Å². The molecule has 25 heavy (non-hydrogen) atoms. The number of anilines is 1. The van der Waals surface area contributed by atoms with Crippen molar-refractivity contribution in [2.45, 2.75) is 6.42 Å². The van der Waals surface area contributed by atoms with Crippen LogP contribution in [0, 0.1) is 0 Å². The summed E-state index contributed by atoms with van der Waals surface area (Å²) >= 11 is 0. The lowest BCUT2D eigenvalue weighted by Crippen LogP contribution is -2.33. The van der Waals surface area contributed by atoms with Gasteiger partial charge in [0, 0.05) is 37.9 Å². The average molecular weight is 345 g/mol. The minimum atomic E-state index is -0.967. The minimum absolute atomic E-state index is 0.107. The van der Waals surface area contributed by atoms with Gasteiger partial charge in [0.15, 0.2) is 0 Å². The van der Waals surface area contributed by atoms with Crippen LogP contribution in [0.5, 0.6) is 0 Å². The first-order valence-electron chi connectivity index (χ1n) is 7.74. The molecule has 0 aromatic heterocycles. The smallest absolute Gasteiger partial charge is 0.321 e. The number of hydrogen-bond donors (Lipinski definition) is 2. The van der Waals surface area contributed by atoms with Crippen LogP contribution in [-0.4, -0.2) is 59.5 Å². The molecular formula is C18H23N3O4. The van der Waals surface area contributed by atoms with Gasteiger partial charge in [-0.3, -0.25) is 9.59 Å². The lowest BCUT2D eigenvalue weighted by molar-refractivity contribution is -0.137. The normalized spacial score (nSPS) is 9.80. The topological polar surface area (TPSA) is 90.0 Å². The van der Waals surface area contributed by atoms with Gasteiger partial charge in [-0.15, -0.1) is 13.2 Å². The summed E-state index contributed by atoms with van der Waals surface area (Å²) in [4.78, 5) is 37.7. The molecule has 0 aliphatic carbocycles. The molecule has 7 nitrogen and oxygen atoms in total. The Morgan fingerprint density at radius 2 is 1.68 bits per heavy atom. The molecule has 1 rings (SSSR count). The van der Waals surface area contributed by atoms with Crippen LogP contribution < -0.4 is 5.32 Å². The number of carbonyl (C=O) groups excluding carboxylic acids is 2. The summed E-state index contributed by atoms with van der Waals surface area (Å²) in [7, 11) is 1.51. The highest BCUT2D eigenvalue weighted by Gasteiger charge is 2.14. The molecular weight excluding hydrogens is 322 g/mol. The summed E-state index contributed by atoms with van der Waals surface area (Å²) in [5.41, 5.74) is 1.00. The fraction of sp³-hybridized carbons (Fsp3) is 0.278. The van der Waals surface area contributed by atoms with Crippen LogP contribution in [0.25, 0.3) is 0 Å². The SMILES string of the molecule is C=CCN(CC=C)C(=O)c1ccc(NC(=O)N(C)CCC(=O)O)cc1. The van der Waals surface area contributed by atoms with Crippen LogP contribution in [0.3, 0.4) is 0 Å². The van der Waals surface area contributed by atoms with Gasteiger partial charge >= 0.3 is 12.0 Å². The second-order valence-electron chi connectivity index (χ2n) is 5.36. The van der Waals surface area contributed by atoms with E-state index in [9.17, 15) is 14.4 Å². The Bertz CT molecular complexity index is 630. The molecule has 0 heterocycles. The Morgan fingerprint density at radius 1 is 1.12 bits per heavy atom. The van der Waals surface area contributed by atoms with E-state index in [1.54, 1.807) is 41.3 Å². The standard InChI is InChI=1S/C18H23N3O4/c1-4-11-21(12-5-2)17(24)14-6-8-15(9-7-14)19-18(25)20(3)13-10-16(22)23/h4-9H,1-2,10-13H2,3H3,(H,19,25)(H,22,23). The molecule has 0 bridgehead atoms. The first-order valence-corrected chi connectivity index (χ1v) is 7.74. The first kappa shape index (κ1) is 20.0. The van der Waals surface area contributed by atoms with Gasteiger partial charge in [0.2, 0.25) is 0 Å². The highest BCUT2D eigenvalue weighted by atomic mass is 16.4. The van der Waals surface area contributed by atoms with Gasteiger partial charge in [-0.05, 0) is 24.3 Å². The maximum atomic E-state index is 12.4. The summed E-state index contributed by atoms with van der Waals surface area (Å²) in [6.45, 7) is 8.20. The van der Waals surface area contributed by atoms with Crippen molar-refractivity contribution in [3.63, 3.8) is 0 Å². The molecule has 0 aliphatic heterocycles. The number of carboxylic acids is 1. The number of urea groups is 1. The lowest BCUT2D eigenvalue weighted by Gasteiger charge is -2.20. The van der Waals surface area contributed by atoms with Gasteiger partial charge in [-0.25, -0.2) is 4.79 Å². The van der Waals surface area contributed by atoms with Crippen molar-refractivity contribution in [1.29, 1.82) is 0 Å². The van der Waals surface area contributed by atoms with E-state index in [0.29, 0.717) is 24.3 Å². The Morgan fingerprint density at radius 3 is 2.16 bits per heavy atom. The predicted octanol–water partition coefficient (Wildman–Crippen LogP) is 2.44. The van der Waals surface area contributed by atoms with Crippen LogP contribution in [0.2, 0.25) is 0 Å². The number of nitrogens with zero attached hydrogens (tertiary/aromatic N) is 2. The molecule has 0 aliphatic rings. The molecule has 0 saturated carbocycles. The number of hydrogen-bond acceptors (Lipinski definition) is 3. The molecule has 0 fully saturated rings. The van der Waals surface area contributed by atoms with E-state index in [1.807, 2.05) is 0 Å². The quantitative estimate of drug-likeness (QED) is 0.673. The molecule has 3 amide bonds. The van der Waals surface area contributed by atoms with E-state index in [1.165, 1.54) is 11.9 Å². The Hall–Kier alpha value is -3.09. The Kier molecular flexibility index (Phi) is 7.92. The van der Waals surface area contributed by atoms with Crippen molar-refractivity contribution in [3.05, 3.63) is 55.1 Å². The molecule has 134 valence electrons. The van der Waals surface area contributed by atoms with Crippen molar-refractivity contribution >= 4 is 23.6 Å². The molecule has 7 heteroatoms. The number of carboxylic acid groups (broad SMARTS) is 1. The minimum Gasteiger partial charge on any atom is -0.481 e. The van der Waals surface area contributed by atoms with Gasteiger partial charge in [0.05, 0.1) is 6.42 Å². The van der Waals surface area contributed by atoms with E-state index in [0.717, 1.165) is 0 Å². The molecule has 0 atom stereocenters. The summed E-state index contributed by atoms with van der Waals surface area (Å²) in [5.74, 6) is -1.12. The highest BCUT2D eigenvalue weighted by molar-refractivity contribution is 5.95. The van der Waals surface area contributed by atoms with Gasteiger partial charge in [0.25, 0.3) is 5.91 Å². The third kappa shape index (κ3) is 6.50. The summed E-state index contributed by atoms with van der Waals surface area (Å²) in [6.07, 6.45) is 3.16. The van der Waals surface area contributed by atoms with Crippen LogP contribution in [-0.2, 0) is 4.79 Å². The first-order chi connectivity index (χ1) is 11.9. The van der Waals surface area contributed by atoms with Crippen molar-refractivity contribution in [2.24, 2.45) is 0 Å². The molecule has 0 radical (unpaired) electrons. The average Bonchev–Trinajstić information content (AvgIpc) is 2.59. The summed E-state index contributed by atoms with van der Waals surface area (Å²) in [5, 5.41) is 11.3.